The lowest BCUT2D eigenvalue weighted by molar-refractivity contribution is -0.870. The molecule has 0 radical (unpaired) electrons. The predicted molar refractivity (Wildman–Crippen MR) is 30.0 cm³/mol. The summed E-state index contributed by atoms with van der Waals surface area (Å²) >= 11 is 0. The zero-order chi connectivity index (χ0) is 15.2. The Bertz CT molecular complexity index is 251. The molecule has 0 aromatic heterocycles. The van der Waals surface area contributed by atoms with Crippen LogP contribution in [0.1, 0.15) is 15.1 Å². The molecule has 0 rings (SSSR count). The molecule has 2 unspecified atom stereocenters. The van der Waals surface area contributed by atoms with Crippen LogP contribution in [0.2, 0.25) is 0 Å². The molecule has 0 saturated carbocycles. The van der Waals surface area contributed by atoms with E-state index in [2.05, 4.69) is 0 Å². The molecule has 0 aliphatic rings. The van der Waals surface area contributed by atoms with Gasteiger partial charge in [0.2, 0.25) is 0 Å². The van der Waals surface area contributed by atoms with Crippen molar-refractivity contribution in [1.29, 1.82) is 0 Å². The van der Waals surface area contributed by atoms with Crippen molar-refractivity contribution in [2.45, 2.75) is 0 Å². The lowest BCUT2D eigenvalue weighted by Crippen LogP contribution is -2.36. The summed E-state index contributed by atoms with van der Waals surface area (Å²) in [6.45, 7) is -15.9. The first-order valence-electron chi connectivity index (χ1n) is 7.18. The molecule has 0 aliphatic carbocycles. The van der Waals surface area contributed by atoms with Crippen molar-refractivity contribution in [2.75, 3.05) is 34.0 Å². The first kappa shape index (κ1) is 0.847. The van der Waals surface area contributed by atoms with Gasteiger partial charge in [0.25, 0.3) is 0 Å². The third-order valence-corrected chi connectivity index (χ3v) is 0.290. The number of hydrogen-bond donors (Lipinski definition) is 1. The van der Waals surface area contributed by atoms with Gasteiger partial charge in [0.05, 0.1) is 42.6 Å². The van der Waals surface area contributed by atoms with Crippen molar-refractivity contribution >= 4 is 0 Å². The molecule has 0 amide bonds. The van der Waals surface area contributed by atoms with Crippen LogP contribution in [0.15, 0.2) is 0 Å². The first-order valence-corrected chi connectivity index (χ1v) is 1.52. The van der Waals surface area contributed by atoms with E-state index in [9.17, 15) is 0 Å². The highest BCUT2D eigenvalue weighted by atomic mass is 16.3. The Labute approximate surface area is 60.4 Å². The van der Waals surface area contributed by atoms with Crippen molar-refractivity contribution < 1.29 is 24.7 Å². The van der Waals surface area contributed by atoms with E-state index in [0.717, 1.165) is 0 Å². The number of hydrogen-bond acceptors (Lipinski definition) is 1. The quantitative estimate of drug-likeness (QED) is 0.387. The summed E-state index contributed by atoms with van der Waals surface area (Å²) in [5.41, 5.74) is 0. The molecule has 2 atom stereocenters. The molecule has 0 aromatic rings. The number of aliphatic hydroxyl groups excluding tert-OH is 1. The summed E-state index contributed by atoms with van der Waals surface area (Å²) in [6, 6.07) is 0. The fourth-order valence-electron chi connectivity index (χ4n) is 0.100. The van der Waals surface area contributed by atoms with E-state index in [0.29, 0.717) is 0 Å². The van der Waals surface area contributed by atoms with Gasteiger partial charge in [-0.05, 0) is 0 Å². The lowest BCUT2D eigenvalue weighted by Gasteiger charge is -2.21. The molecule has 0 bridgehead atoms. The van der Waals surface area contributed by atoms with Crippen LogP contribution in [-0.2, 0) is 0 Å². The number of aliphatic hydroxyl groups is 1. The molecule has 0 saturated heterocycles. The van der Waals surface area contributed by atoms with Gasteiger partial charge < -0.3 is 9.59 Å². The fourth-order valence-corrected chi connectivity index (χ4v) is 0.100. The summed E-state index contributed by atoms with van der Waals surface area (Å²) in [4.78, 5) is 0. The molecule has 44 valence electrons. The normalized spacial score (nSPS) is 49.6. The number of likely N-dealkylation sites (N-methyl/N-ethyl adjacent to an activating group) is 1. The maximum absolute atomic E-state index is 8.96. The first-order chi connectivity index (χ1) is 7.60. The van der Waals surface area contributed by atoms with Gasteiger partial charge in [0.15, 0.2) is 0 Å². The van der Waals surface area contributed by atoms with Gasteiger partial charge in [0.1, 0.15) is 6.52 Å². The lowest BCUT2D eigenvalue weighted by atomic mass is 10.7. The molecular weight excluding hydrogens is 91.1 g/mol. The van der Waals surface area contributed by atoms with Crippen LogP contribution in [0, 0.1) is 0 Å². The Kier molecular flexibility index (Phi) is 0.276. The second-order valence-electron chi connectivity index (χ2n) is 1.02. The van der Waals surface area contributed by atoms with Crippen LogP contribution in [-0.4, -0.2) is 43.6 Å². The van der Waals surface area contributed by atoms with Crippen molar-refractivity contribution in [3.05, 3.63) is 0 Å². The van der Waals surface area contributed by atoms with E-state index >= 15 is 0 Å². The smallest absolute Gasteiger partial charge is 0.101 e. The molecular formula is C5H14NO+. The third kappa shape index (κ3) is 5.92. The Balaban J connectivity index is 6.27. The van der Waals surface area contributed by atoms with Crippen LogP contribution >= 0.6 is 0 Å². The molecule has 0 heterocycles. The van der Waals surface area contributed by atoms with Gasteiger partial charge in [-0.25, -0.2) is 0 Å². The molecule has 2 heteroatoms. The Morgan fingerprint density at radius 2 is 2.29 bits per heavy atom. The molecule has 0 spiro atoms. The zero-order valence-corrected chi connectivity index (χ0v) is 3.55. The van der Waals surface area contributed by atoms with Crippen LogP contribution in [0.4, 0.5) is 0 Å². The maximum Gasteiger partial charge on any atom is 0.101 e. The summed E-state index contributed by atoms with van der Waals surface area (Å²) in [7, 11) is 0. The fraction of sp³-hybridized carbons (Fsp3) is 1.00. The van der Waals surface area contributed by atoms with E-state index in [4.69, 9.17) is 20.2 Å². The van der Waals surface area contributed by atoms with Crippen LogP contribution in [0.5, 0.6) is 0 Å². The Morgan fingerprint density at radius 1 is 1.71 bits per heavy atom. The van der Waals surface area contributed by atoms with Crippen LogP contribution in [0.3, 0.4) is 0 Å². The molecule has 0 fully saturated rings. The molecule has 2 nitrogen and oxygen atoms in total. The van der Waals surface area contributed by atoms with Gasteiger partial charge in [0, 0.05) is 0 Å². The van der Waals surface area contributed by atoms with Crippen molar-refractivity contribution in [2.24, 2.45) is 0 Å². The zero-order valence-electron chi connectivity index (χ0n) is 14.5. The number of rotatable bonds is 2. The highest BCUT2D eigenvalue weighted by Gasteiger charge is 2.02. The summed E-state index contributed by atoms with van der Waals surface area (Å²) in [5, 5.41) is 8.96. The minimum absolute atomic E-state index is 2.48. The van der Waals surface area contributed by atoms with Crippen molar-refractivity contribution in [1.82, 2.24) is 0 Å². The third-order valence-electron chi connectivity index (χ3n) is 0.290. The predicted octanol–water partition coefficient (Wildman–Crippen LogP) is -0.315. The number of quaternary nitrogens is 1. The number of nitrogens with zero attached hydrogens (tertiary/aromatic N) is 1. The summed E-state index contributed by atoms with van der Waals surface area (Å²) < 4.78 is 75.9. The largest absolute Gasteiger partial charge is 0.391 e. The van der Waals surface area contributed by atoms with Crippen LogP contribution < -0.4 is 0 Å². The van der Waals surface area contributed by atoms with Crippen molar-refractivity contribution in [3.63, 3.8) is 0 Å². The Hall–Kier alpha value is -0.0800. The van der Waals surface area contributed by atoms with E-state index in [-0.39, 0.29) is 0 Å². The van der Waals surface area contributed by atoms with Crippen LogP contribution in [0.25, 0.3) is 0 Å². The Morgan fingerprint density at radius 3 is 2.43 bits per heavy atom. The van der Waals surface area contributed by atoms with Gasteiger partial charge in [-0.3, -0.25) is 0 Å². The highest BCUT2D eigenvalue weighted by Crippen LogP contribution is 1.84. The summed E-state index contributed by atoms with van der Waals surface area (Å²) in [5.74, 6) is 0. The SMILES string of the molecule is [2H]C([13CH]([2H])O)[N+](C([2H])([2H])[2H])(C([2H])([2H])[2H])C([2H])([2H])[2H]. The molecule has 7 heavy (non-hydrogen) atoms. The molecule has 0 aliphatic heterocycles. The molecule has 0 aromatic carbocycles. The van der Waals surface area contributed by atoms with Gasteiger partial charge in [-0.1, -0.05) is 0 Å². The second-order valence-corrected chi connectivity index (χ2v) is 1.02. The average Bonchev–Trinajstić information content (AvgIpc) is 1.94. The van der Waals surface area contributed by atoms with Gasteiger partial charge >= 0.3 is 0 Å². The standard InChI is InChI=1S/C5H14NO/c1-6(2,3)4-5-7/h7H,4-5H2,1-3H3/q+1/i1D3,2D3,3D3,4D,5+1D. The highest BCUT2D eigenvalue weighted by molar-refractivity contribution is 4.19. The van der Waals surface area contributed by atoms with Gasteiger partial charge in [-0.2, -0.15) is 0 Å². The van der Waals surface area contributed by atoms with Crippen molar-refractivity contribution in [3.8, 4) is 0 Å². The monoisotopic (exact) mass is 116 g/mol. The topological polar surface area (TPSA) is 20.2 Å². The minimum atomic E-state index is -3.62. The van der Waals surface area contributed by atoms with E-state index in [1.165, 1.54) is 0 Å². The second kappa shape index (κ2) is 2.28. The van der Waals surface area contributed by atoms with E-state index in [1.807, 2.05) is 0 Å². The summed E-state index contributed by atoms with van der Waals surface area (Å²) in [6.07, 6.45) is 0. The van der Waals surface area contributed by atoms with E-state index < -0.39 is 38.5 Å². The van der Waals surface area contributed by atoms with E-state index in [1.54, 1.807) is 0 Å². The van der Waals surface area contributed by atoms with Gasteiger partial charge in [-0.15, -0.1) is 0 Å². The maximum atomic E-state index is 8.96. The average molecular weight is 116 g/mol. The molecule has 1 N–H and O–H groups in total. The minimum Gasteiger partial charge on any atom is -0.391 e.